The molecule has 0 saturated carbocycles. The van der Waals surface area contributed by atoms with Crippen LogP contribution in [0.15, 0.2) is 77.7 Å². The van der Waals surface area contributed by atoms with Gasteiger partial charge in [-0.05, 0) is 68.3 Å². The van der Waals surface area contributed by atoms with E-state index in [1.165, 1.54) is 23.1 Å². The van der Waals surface area contributed by atoms with Crippen LogP contribution < -0.4 is 9.62 Å². The Kier molecular flexibility index (Phi) is 10.7. The number of anilines is 1. The van der Waals surface area contributed by atoms with Crippen LogP contribution >= 0.6 is 34.8 Å². The second-order valence-electron chi connectivity index (χ2n) is 9.06. The van der Waals surface area contributed by atoms with Gasteiger partial charge in [-0.1, -0.05) is 72.1 Å². The summed E-state index contributed by atoms with van der Waals surface area (Å²) in [5.41, 5.74) is 0.763. The molecule has 7 nitrogen and oxygen atoms in total. The van der Waals surface area contributed by atoms with Crippen molar-refractivity contribution in [2.24, 2.45) is 0 Å². The van der Waals surface area contributed by atoms with E-state index >= 15 is 0 Å². The second-order valence-corrected chi connectivity index (χ2v) is 12.2. The molecule has 0 bridgehead atoms. The van der Waals surface area contributed by atoms with Gasteiger partial charge in [0.05, 0.1) is 10.6 Å². The summed E-state index contributed by atoms with van der Waals surface area (Å²) < 4.78 is 28.5. The van der Waals surface area contributed by atoms with Gasteiger partial charge >= 0.3 is 0 Å². The molecule has 1 N–H and O–H groups in total. The summed E-state index contributed by atoms with van der Waals surface area (Å²) >= 11 is 18.6. The molecule has 0 saturated heterocycles. The fourth-order valence-electron chi connectivity index (χ4n) is 3.76. The molecule has 0 aliphatic carbocycles. The fourth-order valence-corrected chi connectivity index (χ4v) is 5.84. The van der Waals surface area contributed by atoms with E-state index in [0.29, 0.717) is 27.1 Å². The van der Waals surface area contributed by atoms with Gasteiger partial charge in [-0.15, -0.1) is 0 Å². The fraction of sp³-hybridized carbons (Fsp3) is 0.286. The number of carbonyl (C=O) groups is 2. The summed E-state index contributed by atoms with van der Waals surface area (Å²) in [4.78, 5) is 28.3. The lowest BCUT2D eigenvalue weighted by atomic mass is 10.1. The van der Waals surface area contributed by atoms with Gasteiger partial charge in [0.25, 0.3) is 10.0 Å². The van der Waals surface area contributed by atoms with Crippen molar-refractivity contribution in [1.82, 2.24) is 10.2 Å². The summed E-state index contributed by atoms with van der Waals surface area (Å²) in [6.45, 7) is 4.76. The number of hydrogen-bond acceptors (Lipinski definition) is 4. The smallest absolute Gasteiger partial charge is 0.264 e. The Labute approximate surface area is 244 Å². The standard InChI is InChI=1S/C28H30Cl3N3O4S/c1-4-19(2)32-28(36)20(3)33(17-21-13-14-23(30)16-26(21)31)27(35)18-34(24-10-8-9-22(29)15-24)39(37,38)25-11-6-5-7-12-25/h5-16,19-20H,4,17-18H2,1-3H3,(H,32,36)/t19-,20+/m1/s1. The second kappa shape index (κ2) is 13.5. The Morgan fingerprint density at radius 3 is 2.18 bits per heavy atom. The molecule has 2 atom stereocenters. The van der Waals surface area contributed by atoms with Crippen LogP contribution in [0.5, 0.6) is 0 Å². The van der Waals surface area contributed by atoms with E-state index in [1.807, 2.05) is 13.8 Å². The average Bonchev–Trinajstić information content (AvgIpc) is 2.91. The molecule has 11 heteroatoms. The number of benzene rings is 3. The third kappa shape index (κ3) is 7.88. The van der Waals surface area contributed by atoms with E-state index in [2.05, 4.69) is 5.32 Å². The van der Waals surface area contributed by atoms with E-state index in [0.717, 1.165) is 4.31 Å². The zero-order chi connectivity index (χ0) is 28.7. The van der Waals surface area contributed by atoms with Crippen molar-refractivity contribution in [3.05, 3.63) is 93.4 Å². The SMILES string of the molecule is CC[C@@H](C)NC(=O)[C@H](C)N(Cc1ccc(Cl)cc1Cl)C(=O)CN(c1cccc(Cl)c1)S(=O)(=O)c1ccccc1. The van der Waals surface area contributed by atoms with Crippen LogP contribution in [0.4, 0.5) is 5.69 Å². The molecule has 208 valence electrons. The van der Waals surface area contributed by atoms with Crippen LogP contribution in [0.3, 0.4) is 0 Å². The molecule has 2 amide bonds. The highest BCUT2D eigenvalue weighted by Gasteiger charge is 2.33. The highest BCUT2D eigenvalue weighted by atomic mass is 35.5. The minimum absolute atomic E-state index is 0.00707. The van der Waals surface area contributed by atoms with E-state index in [-0.39, 0.29) is 29.1 Å². The molecule has 0 aromatic heterocycles. The number of rotatable bonds is 11. The Morgan fingerprint density at radius 1 is 0.897 bits per heavy atom. The van der Waals surface area contributed by atoms with Gasteiger partial charge in [-0.3, -0.25) is 13.9 Å². The van der Waals surface area contributed by atoms with Crippen LogP contribution in [0, 0.1) is 0 Å². The maximum Gasteiger partial charge on any atom is 0.264 e. The molecule has 0 aliphatic heterocycles. The summed E-state index contributed by atoms with van der Waals surface area (Å²) in [6, 6.07) is 17.8. The minimum atomic E-state index is -4.17. The molecule has 3 aromatic carbocycles. The largest absolute Gasteiger partial charge is 0.352 e. The lowest BCUT2D eigenvalue weighted by Gasteiger charge is -2.32. The highest BCUT2D eigenvalue weighted by molar-refractivity contribution is 7.92. The van der Waals surface area contributed by atoms with E-state index < -0.39 is 28.5 Å². The first kappa shape index (κ1) is 30.8. The van der Waals surface area contributed by atoms with Crippen LogP contribution in [0.1, 0.15) is 32.8 Å². The number of nitrogens with one attached hydrogen (secondary N) is 1. The maximum atomic E-state index is 13.9. The minimum Gasteiger partial charge on any atom is -0.352 e. The average molecular weight is 611 g/mol. The van der Waals surface area contributed by atoms with Gasteiger partial charge in [-0.25, -0.2) is 8.42 Å². The van der Waals surface area contributed by atoms with Crippen molar-refractivity contribution in [1.29, 1.82) is 0 Å². The van der Waals surface area contributed by atoms with Gasteiger partial charge in [-0.2, -0.15) is 0 Å². The normalized spacial score (nSPS) is 12.9. The molecule has 39 heavy (non-hydrogen) atoms. The molecule has 0 unspecified atom stereocenters. The van der Waals surface area contributed by atoms with Crippen molar-refractivity contribution in [2.45, 2.75) is 50.7 Å². The van der Waals surface area contributed by atoms with Crippen molar-refractivity contribution in [3.8, 4) is 0 Å². The zero-order valence-electron chi connectivity index (χ0n) is 21.8. The molecule has 0 spiro atoms. The monoisotopic (exact) mass is 609 g/mol. The highest BCUT2D eigenvalue weighted by Crippen LogP contribution is 2.28. The molecule has 0 fully saturated rings. The molecule has 0 radical (unpaired) electrons. The number of halogens is 3. The van der Waals surface area contributed by atoms with Crippen molar-refractivity contribution in [3.63, 3.8) is 0 Å². The molecule has 3 rings (SSSR count). The van der Waals surface area contributed by atoms with Crippen molar-refractivity contribution >= 4 is 62.3 Å². The van der Waals surface area contributed by atoms with E-state index in [1.54, 1.807) is 61.5 Å². The Morgan fingerprint density at radius 2 is 1.56 bits per heavy atom. The van der Waals surface area contributed by atoms with Gasteiger partial charge in [0, 0.05) is 27.7 Å². The number of sulfonamides is 1. The predicted octanol–water partition coefficient (Wildman–Crippen LogP) is 6.17. The molecule has 0 heterocycles. The van der Waals surface area contributed by atoms with Crippen LogP contribution in [-0.4, -0.2) is 43.8 Å². The number of hydrogen-bond donors (Lipinski definition) is 1. The number of nitrogens with zero attached hydrogens (tertiary/aromatic N) is 2. The predicted molar refractivity (Wildman–Crippen MR) is 157 cm³/mol. The van der Waals surface area contributed by atoms with Crippen LogP contribution in [0.2, 0.25) is 15.1 Å². The first-order valence-electron chi connectivity index (χ1n) is 12.3. The quantitative estimate of drug-likeness (QED) is 0.281. The summed E-state index contributed by atoms with van der Waals surface area (Å²) in [6.07, 6.45) is 0.702. The number of carbonyl (C=O) groups excluding carboxylic acids is 2. The first-order chi connectivity index (χ1) is 18.4. The Hall–Kier alpha value is -2.78. The molecule has 3 aromatic rings. The third-order valence-corrected chi connectivity index (χ3v) is 8.84. The van der Waals surface area contributed by atoms with Gasteiger partial charge in [0.1, 0.15) is 12.6 Å². The summed E-state index contributed by atoms with van der Waals surface area (Å²) in [7, 11) is -4.17. The van der Waals surface area contributed by atoms with Gasteiger partial charge in [0.15, 0.2) is 0 Å². The van der Waals surface area contributed by atoms with Crippen LogP contribution in [-0.2, 0) is 26.2 Å². The van der Waals surface area contributed by atoms with E-state index in [9.17, 15) is 18.0 Å². The molecular formula is C28H30Cl3N3O4S. The van der Waals surface area contributed by atoms with Crippen molar-refractivity contribution in [2.75, 3.05) is 10.8 Å². The maximum absolute atomic E-state index is 13.9. The lowest BCUT2D eigenvalue weighted by Crippen LogP contribution is -2.52. The zero-order valence-corrected chi connectivity index (χ0v) is 24.9. The van der Waals surface area contributed by atoms with Crippen LogP contribution in [0.25, 0.3) is 0 Å². The molecular weight excluding hydrogens is 581 g/mol. The molecule has 0 aliphatic rings. The summed E-state index contributed by atoms with van der Waals surface area (Å²) in [5.74, 6) is -0.977. The lowest BCUT2D eigenvalue weighted by molar-refractivity contribution is -0.139. The van der Waals surface area contributed by atoms with Crippen molar-refractivity contribution < 1.29 is 18.0 Å². The topological polar surface area (TPSA) is 86.8 Å². The Balaban J connectivity index is 2.04. The van der Waals surface area contributed by atoms with Gasteiger partial charge in [0.2, 0.25) is 11.8 Å². The van der Waals surface area contributed by atoms with Gasteiger partial charge < -0.3 is 10.2 Å². The third-order valence-electron chi connectivity index (χ3n) is 6.23. The van der Waals surface area contributed by atoms with E-state index in [4.69, 9.17) is 34.8 Å². The first-order valence-corrected chi connectivity index (χ1v) is 14.9. The summed E-state index contributed by atoms with van der Waals surface area (Å²) in [5, 5.41) is 3.93. The number of amides is 2. The Bertz CT molecular complexity index is 1420.